The molecule has 1 aromatic heterocycles. The van der Waals surface area contributed by atoms with Crippen LogP contribution in [0.15, 0.2) is 12.1 Å². The molecule has 0 spiro atoms. The first-order valence-electron chi connectivity index (χ1n) is 4.50. The first kappa shape index (κ1) is 9.98. The molecule has 0 aliphatic heterocycles. The predicted molar refractivity (Wildman–Crippen MR) is 57.3 cm³/mol. The summed E-state index contributed by atoms with van der Waals surface area (Å²) in [6.45, 7) is 1.89. The van der Waals surface area contributed by atoms with Crippen LogP contribution in [0.4, 0.5) is 0 Å². The van der Waals surface area contributed by atoms with Gasteiger partial charge in [0, 0.05) is 0 Å². The van der Waals surface area contributed by atoms with Gasteiger partial charge in [-0.1, -0.05) is 18.5 Å². The van der Waals surface area contributed by atoms with E-state index in [1.807, 2.05) is 6.92 Å². The maximum absolute atomic E-state index is 9.55. The fourth-order valence-corrected chi connectivity index (χ4v) is 1.61. The molecule has 0 radical (unpaired) electrons. The number of rotatable bonds is 1. The predicted octanol–water partition coefficient (Wildman–Crippen LogP) is 2.26. The van der Waals surface area contributed by atoms with Crippen LogP contribution in [0.1, 0.15) is 12.6 Å². The summed E-state index contributed by atoms with van der Waals surface area (Å²) in [5.74, 6) is -0.0541. The molecular weight excluding hydrogens is 216 g/mol. The monoisotopic (exact) mass is 224 g/mol. The second-order valence-electron chi connectivity index (χ2n) is 3.12. The molecule has 1 aromatic carbocycles. The van der Waals surface area contributed by atoms with Gasteiger partial charge in [0.1, 0.15) is 22.5 Å². The SMILES string of the molecule is CCc1nc2c(O)ccc(O)c2nc1Cl. The van der Waals surface area contributed by atoms with E-state index in [2.05, 4.69) is 9.97 Å². The summed E-state index contributed by atoms with van der Waals surface area (Å²) in [5.41, 5.74) is 1.10. The third kappa shape index (κ3) is 1.57. The molecule has 2 rings (SSSR count). The number of halogens is 1. The van der Waals surface area contributed by atoms with E-state index in [9.17, 15) is 10.2 Å². The number of fused-ring (bicyclic) bond motifs is 1. The number of hydrogen-bond acceptors (Lipinski definition) is 4. The molecule has 0 unspecified atom stereocenters. The number of nitrogens with zero attached hydrogens (tertiary/aromatic N) is 2. The van der Waals surface area contributed by atoms with Crippen molar-refractivity contribution in [2.45, 2.75) is 13.3 Å². The maximum atomic E-state index is 9.55. The van der Waals surface area contributed by atoms with E-state index in [0.717, 1.165) is 0 Å². The van der Waals surface area contributed by atoms with Gasteiger partial charge in [-0.25, -0.2) is 9.97 Å². The number of benzene rings is 1. The zero-order valence-electron chi connectivity index (χ0n) is 8.03. The molecule has 0 amide bonds. The highest BCUT2D eigenvalue weighted by Crippen LogP contribution is 2.30. The summed E-state index contributed by atoms with van der Waals surface area (Å²) in [7, 11) is 0. The maximum Gasteiger partial charge on any atom is 0.151 e. The van der Waals surface area contributed by atoms with Gasteiger partial charge >= 0.3 is 0 Å². The topological polar surface area (TPSA) is 66.2 Å². The van der Waals surface area contributed by atoms with Gasteiger partial charge in [0.2, 0.25) is 0 Å². The number of aromatic hydroxyl groups is 2. The van der Waals surface area contributed by atoms with Crippen molar-refractivity contribution < 1.29 is 10.2 Å². The minimum absolute atomic E-state index is 0.0123. The van der Waals surface area contributed by atoms with Gasteiger partial charge in [0.05, 0.1) is 5.69 Å². The van der Waals surface area contributed by atoms with Crippen LogP contribution in [0.3, 0.4) is 0 Å². The highest BCUT2D eigenvalue weighted by molar-refractivity contribution is 6.30. The standard InChI is InChI=1S/C10H9ClN2O2/c1-2-5-10(11)13-9-7(15)4-3-6(14)8(9)12-5/h3-4,14-15H,2H2,1H3. The zero-order chi connectivity index (χ0) is 11.0. The van der Waals surface area contributed by atoms with E-state index in [4.69, 9.17) is 11.6 Å². The fraction of sp³-hybridized carbons (Fsp3) is 0.200. The molecule has 2 N–H and O–H groups in total. The van der Waals surface area contributed by atoms with Gasteiger partial charge in [0.15, 0.2) is 5.15 Å². The zero-order valence-corrected chi connectivity index (χ0v) is 8.78. The Morgan fingerprint density at radius 1 is 1.13 bits per heavy atom. The molecule has 15 heavy (non-hydrogen) atoms. The molecule has 5 heteroatoms. The molecule has 0 aliphatic carbocycles. The first-order valence-corrected chi connectivity index (χ1v) is 4.88. The van der Waals surface area contributed by atoms with E-state index in [1.165, 1.54) is 12.1 Å². The molecule has 0 atom stereocenters. The van der Waals surface area contributed by atoms with Crippen molar-refractivity contribution in [3.8, 4) is 11.5 Å². The van der Waals surface area contributed by atoms with Crippen LogP contribution < -0.4 is 0 Å². The highest BCUT2D eigenvalue weighted by atomic mass is 35.5. The smallest absolute Gasteiger partial charge is 0.151 e. The van der Waals surface area contributed by atoms with Crippen molar-refractivity contribution in [3.63, 3.8) is 0 Å². The van der Waals surface area contributed by atoms with Crippen molar-refractivity contribution in [1.82, 2.24) is 9.97 Å². The summed E-state index contributed by atoms with van der Waals surface area (Å²) in [6, 6.07) is 2.73. The fourth-order valence-electron chi connectivity index (χ4n) is 1.35. The van der Waals surface area contributed by atoms with Crippen molar-refractivity contribution in [2.75, 3.05) is 0 Å². The largest absolute Gasteiger partial charge is 0.506 e. The Morgan fingerprint density at radius 3 is 2.20 bits per heavy atom. The Morgan fingerprint density at radius 2 is 1.67 bits per heavy atom. The first-order chi connectivity index (χ1) is 7.13. The van der Waals surface area contributed by atoms with Crippen LogP contribution in [0.5, 0.6) is 11.5 Å². The van der Waals surface area contributed by atoms with Crippen LogP contribution in [0.2, 0.25) is 5.15 Å². The van der Waals surface area contributed by atoms with Crippen molar-refractivity contribution in [3.05, 3.63) is 23.0 Å². The van der Waals surface area contributed by atoms with E-state index in [1.54, 1.807) is 0 Å². The van der Waals surface area contributed by atoms with Crippen LogP contribution in [-0.4, -0.2) is 20.2 Å². The van der Waals surface area contributed by atoms with E-state index in [-0.39, 0.29) is 27.7 Å². The van der Waals surface area contributed by atoms with Crippen LogP contribution >= 0.6 is 11.6 Å². The lowest BCUT2D eigenvalue weighted by Crippen LogP contribution is -1.94. The molecule has 0 bridgehead atoms. The van der Waals surface area contributed by atoms with Crippen molar-refractivity contribution >= 4 is 22.6 Å². The third-order valence-corrected chi connectivity index (χ3v) is 2.44. The second kappa shape index (κ2) is 3.55. The molecule has 0 aliphatic rings. The molecule has 2 aromatic rings. The number of aromatic nitrogens is 2. The lowest BCUT2D eigenvalue weighted by Gasteiger charge is -2.05. The van der Waals surface area contributed by atoms with E-state index < -0.39 is 0 Å². The highest BCUT2D eigenvalue weighted by Gasteiger charge is 2.11. The lowest BCUT2D eigenvalue weighted by molar-refractivity contribution is 0.467. The van der Waals surface area contributed by atoms with Gasteiger partial charge < -0.3 is 10.2 Å². The van der Waals surface area contributed by atoms with Crippen molar-refractivity contribution in [1.29, 1.82) is 0 Å². The minimum Gasteiger partial charge on any atom is -0.506 e. The molecule has 0 saturated carbocycles. The van der Waals surface area contributed by atoms with Gasteiger partial charge in [-0.05, 0) is 18.6 Å². The molecule has 0 fully saturated rings. The minimum atomic E-state index is -0.0418. The number of phenolic OH excluding ortho intramolecular Hbond substituents is 2. The Bertz CT molecular complexity index is 528. The molecule has 78 valence electrons. The summed E-state index contributed by atoms with van der Waals surface area (Å²) >= 11 is 5.86. The average molecular weight is 225 g/mol. The summed E-state index contributed by atoms with van der Waals surface area (Å²) in [4.78, 5) is 8.15. The Balaban J connectivity index is 2.86. The average Bonchev–Trinajstić information content (AvgIpc) is 2.23. The molecule has 1 heterocycles. The van der Waals surface area contributed by atoms with Gasteiger partial charge in [0.25, 0.3) is 0 Å². The van der Waals surface area contributed by atoms with E-state index >= 15 is 0 Å². The molecule has 4 nitrogen and oxygen atoms in total. The summed E-state index contributed by atoms with van der Waals surface area (Å²) in [6.07, 6.45) is 0.622. The number of aryl methyl sites for hydroxylation is 1. The third-order valence-electron chi connectivity index (χ3n) is 2.14. The second-order valence-corrected chi connectivity index (χ2v) is 3.47. The molecular formula is C10H9ClN2O2. The van der Waals surface area contributed by atoms with Gasteiger partial charge in [-0.3, -0.25) is 0 Å². The van der Waals surface area contributed by atoms with Crippen LogP contribution in [-0.2, 0) is 6.42 Å². The number of hydrogen-bond donors (Lipinski definition) is 2. The lowest BCUT2D eigenvalue weighted by atomic mass is 10.2. The summed E-state index contributed by atoms with van der Waals surface area (Å²) < 4.78 is 0. The van der Waals surface area contributed by atoms with Gasteiger partial charge in [-0.2, -0.15) is 0 Å². The van der Waals surface area contributed by atoms with E-state index in [0.29, 0.717) is 12.1 Å². The normalized spacial score (nSPS) is 10.8. The van der Waals surface area contributed by atoms with Crippen molar-refractivity contribution in [2.24, 2.45) is 0 Å². The number of phenols is 2. The van der Waals surface area contributed by atoms with Crippen LogP contribution in [0.25, 0.3) is 11.0 Å². The summed E-state index contributed by atoms with van der Waals surface area (Å²) in [5, 5.41) is 19.3. The molecule has 0 saturated heterocycles. The Kier molecular flexibility index (Phi) is 2.36. The van der Waals surface area contributed by atoms with Gasteiger partial charge in [-0.15, -0.1) is 0 Å². The Hall–Kier alpha value is -1.55. The van der Waals surface area contributed by atoms with Crippen LogP contribution in [0, 0.1) is 0 Å². The Labute approximate surface area is 91.2 Å². The quantitative estimate of drug-likeness (QED) is 0.730.